The van der Waals surface area contributed by atoms with E-state index < -0.39 is 6.10 Å². The van der Waals surface area contributed by atoms with Gasteiger partial charge in [0, 0.05) is 19.3 Å². The largest absolute Gasteiger partial charge is 0.462 e. The molecular weight excluding hydrogens is 985 g/mol. The van der Waals surface area contributed by atoms with Gasteiger partial charge in [0.25, 0.3) is 0 Å². The van der Waals surface area contributed by atoms with Gasteiger partial charge in [-0.2, -0.15) is 0 Å². The molecule has 0 radical (unpaired) electrons. The van der Waals surface area contributed by atoms with Crippen LogP contribution >= 0.6 is 0 Å². The van der Waals surface area contributed by atoms with Crippen LogP contribution in [0.4, 0.5) is 0 Å². The van der Waals surface area contributed by atoms with E-state index in [0.717, 1.165) is 109 Å². The molecule has 0 saturated carbocycles. The molecule has 0 aromatic carbocycles. The molecule has 460 valence electrons. The van der Waals surface area contributed by atoms with Crippen LogP contribution < -0.4 is 0 Å². The van der Waals surface area contributed by atoms with Crippen LogP contribution in [-0.2, 0) is 28.6 Å². The lowest BCUT2D eigenvalue weighted by molar-refractivity contribution is -0.167. The van der Waals surface area contributed by atoms with E-state index in [-0.39, 0.29) is 31.1 Å². The third kappa shape index (κ3) is 65.1. The molecule has 80 heavy (non-hydrogen) atoms. The van der Waals surface area contributed by atoms with Crippen molar-refractivity contribution in [1.29, 1.82) is 0 Å². The van der Waals surface area contributed by atoms with Gasteiger partial charge in [-0.1, -0.05) is 317 Å². The number of carbonyl (C=O) groups excluding carboxylic acids is 3. The number of carbonyl (C=O) groups is 3. The highest BCUT2D eigenvalue weighted by Crippen LogP contribution is 2.17. The SMILES string of the molecule is CC/C=C\C/C=C\C/C=C\C/C=C\CCCCCCCCCCCCCCC(=O)OCC(COC(=O)CCCCCCCCCCCCCC)OC(=O)CCCCCCCCCCCCCC/C=C\C/C=C\C/C=C\C/C=C\CC. The van der Waals surface area contributed by atoms with Crippen LogP contribution in [0.1, 0.15) is 335 Å². The van der Waals surface area contributed by atoms with Crippen LogP contribution in [0.3, 0.4) is 0 Å². The Morgan fingerprint density at radius 1 is 0.263 bits per heavy atom. The highest BCUT2D eigenvalue weighted by Gasteiger charge is 2.19. The Balaban J connectivity index is 4.26. The molecule has 0 aliphatic carbocycles. The molecule has 0 aromatic rings. The summed E-state index contributed by atoms with van der Waals surface area (Å²) in [6, 6.07) is 0. The number of unbranched alkanes of at least 4 members (excludes halogenated alkanes) is 35. The van der Waals surface area contributed by atoms with Crippen LogP contribution in [0.15, 0.2) is 97.2 Å². The molecule has 0 fully saturated rings. The Bertz CT molecular complexity index is 1560. The zero-order valence-electron chi connectivity index (χ0n) is 52.8. The minimum atomic E-state index is -0.779. The van der Waals surface area contributed by atoms with E-state index in [2.05, 4.69) is 118 Å². The number of rotatable bonds is 62. The lowest BCUT2D eigenvalue weighted by Crippen LogP contribution is -2.30. The van der Waals surface area contributed by atoms with Crippen molar-refractivity contribution in [3.8, 4) is 0 Å². The van der Waals surface area contributed by atoms with Gasteiger partial charge >= 0.3 is 17.9 Å². The second kappa shape index (κ2) is 67.8. The molecule has 0 aromatic heterocycles. The average Bonchev–Trinajstić information content (AvgIpc) is 3.46. The third-order valence-corrected chi connectivity index (χ3v) is 14.8. The van der Waals surface area contributed by atoms with Crippen LogP contribution in [0.5, 0.6) is 0 Å². The number of hydrogen-bond donors (Lipinski definition) is 0. The zero-order chi connectivity index (χ0) is 57.8. The second-order valence-electron chi connectivity index (χ2n) is 22.7. The molecule has 0 bridgehead atoms. The topological polar surface area (TPSA) is 78.9 Å². The Morgan fingerprint density at radius 3 is 0.762 bits per heavy atom. The Kier molecular flexibility index (Phi) is 64.7. The van der Waals surface area contributed by atoms with Crippen LogP contribution in [0, 0.1) is 0 Å². The van der Waals surface area contributed by atoms with Crippen molar-refractivity contribution in [3.05, 3.63) is 97.2 Å². The maximum atomic E-state index is 12.9. The molecular formula is C74H128O6. The fourth-order valence-corrected chi connectivity index (χ4v) is 9.78. The van der Waals surface area contributed by atoms with E-state index in [1.165, 1.54) is 186 Å². The minimum Gasteiger partial charge on any atom is -0.462 e. The molecule has 0 spiro atoms. The van der Waals surface area contributed by atoms with Crippen molar-refractivity contribution >= 4 is 17.9 Å². The first-order valence-electron chi connectivity index (χ1n) is 34.2. The van der Waals surface area contributed by atoms with Crippen LogP contribution in [-0.4, -0.2) is 37.2 Å². The van der Waals surface area contributed by atoms with Crippen molar-refractivity contribution in [2.45, 2.75) is 341 Å². The Hall–Kier alpha value is -3.67. The van der Waals surface area contributed by atoms with Crippen LogP contribution in [0.25, 0.3) is 0 Å². The molecule has 0 aliphatic heterocycles. The lowest BCUT2D eigenvalue weighted by Gasteiger charge is -2.18. The first-order valence-corrected chi connectivity index (χ1v) is 34.2. The molecule has 0 N–H and O–H groups in total. The van der Waals surface area contributed by atoms with Crippen molar-refractivity contribution in [1.82, 2.24) is 0 Å². The third-order valence-electron chi connectivity index (χ3n) is 14.8. The van der Waals surface area contributed by atoms with Gasteiger partial charge in [0.15, 0.2) is 6.10 Å². The summed E-state index contributed by atoms with van der Waals surface area (Å²) >= 11 is 0. The molecule has 6 heteroatoms. The maximum absolute atomic E-state index is 12.9. The Labute approximate surface area is 496 Å². The number of ether oxygens (including phenoxy) is 3. The summed E-state index contributed by atoms with van der Waals surface area (Å²) < 4.78 is 17.0. The molecule has 0 rings (SSSR count). The molecule has 0 heterocycles. The van der Waals surface area contributed by atoms with Gasteiger partial charge in [0.1, 0.15) is 13.2 Å². The summed E-state index contributed by atoms with van der Waals surface area (Å²) in [7, 11) is 0. The predicted molar refractivity (Wildman–Crippen MR) is 348 cm³/mol. The zero-order valence-corrected chi connectivity index (χ0v) is 52.8. The molecule has 0 amide bonds. The van der Waals surface area contributed by atoms with Gasteiger partial charge < -0.3 is 14.2 Å². The minimum absolute atomic E-state index is 0.0746. The maximum Gasteiger partial charge on any atom is 0.306 e. The van der Waals surface area contributed by atoms with Crippen molar-refractivity contribution in [2.24, 2.45) is 0 Å². The summed E-state index contributed by atoms with van der Waals surface area (Å²) in [6.45, 7) is 6.45. The quantitative estimate of drug-likeness (QED) is 0.0261. The van der Waals surface area contributed by atoms with Gasteiger partial charge in [-0.05, 0) is 96.3 Å². The highest BCUT2D eigenvalue weighted by atomic mass is 16.6. The first-order chi connectivity index (χ1) is 39.5. The molecule has 0 aliphatic rings. The molecule has 1 unspecified atom stereocenters. The van der Waals surface area contributed by atoms with E-state index in [1.54, 1.807) is 0 Å². The summed E-state index contributed by atoms with van der Waals surface area (Å²) in [4.78, 5) is 38.4. The normalized spacial score (nSPS) is 12.7. The number of esters is 3. The van der Waals surface area contributed by atoms with Gasteiger partial charge in [0.05, 0.1) is 0 Å². The van der Waals surface area contributed by atoms with Gasteiger partial charge in [-0.15, -0.1) is 0 Å². The van der Waals surface area contributed by atoms with E-state index in [9.17, 15) is 14.4 Å². The van der Waals surface area contributed by atoms with E-state index in [0.29, 0.717) is 19.3 Å². The van der Waals surface area contributed by atoms with E-state index in [1.807, 2.05) is 0 Å². The summed E-state index contributed by atoms with van der Waals surface area (Å²) in [6.07, 6.45) is 91.4. The fraction of sp³-hybridized carbons (Fsp3) is 0.743. The van der Waals surface area contributed by atoms with Crippen LogP contribution in [0.2, 0.25) is 0 Å². The Morgan fingerprint density at radius 2 is 0.487 bits per heavy atom. The number of hydrogen-bond acceptors (Lipinski definition) is 6. The molecule has 0 saturated heterocycles. The standard InChI is InChI=1S/C74H128O6/c1-4-7-10-13-16-19-22-25-27-29-31-33-35-37-39-41-43-45-47-49-52-55-58-61-64-67-73(76)79-70-71(69-78-72(75)66-63-60-57-54-51-24-21-18-15-12-9-6-3)80-74(77)68-65-62-59-56-53-50-48-46-44-42-40-38-36-34-32-30-28-26-23-20-17-14-11-8-5-2/h7-8,10-11,16-17,19-20,25-28,31-34,71H,4-6,9,12-15,18,21-24,29-30,35-70H2,1-3H3/b10-7-,11-8-,19-16-,20-17-,27-25-,28-26-,33-31-,34-32-. The van der Waals surface area contributed by atoms with Crippen molar-refractivity contribution in [3.63, 3.8) is 0 Å². The van der Waals surface area contributed by atoms with Gasteiger partial charge in [-0.3, -0.25) is 14.4 Å². The molecule has 6 nitrogen and oxygen atoms in total. The lowest BCUT2D eigenvalue weighted by atomic mass is 10.0. The molecule has 1 atom stereocenters. The van der Waals surface area contributed by atoms with Gasteiger partial charge in [-0.25, -0.2) is 0 Å². The summed E-state index contributed by atoms with van der Waals surface area (Å²) in [5, 5.41) is 0. The number of allylic oxidation sites excluding steroid dienone is 16. The average molecular weight is 1110 g/mol. The van der Waals surface area contributed by atoms with Gasteiger partial charge in [0.2, 0.25) is 0 Å². The highest BCUT2D eigenvalue weighted by molar-refractivity contribution is 5.71. The fourth-order valence-electron chi connectivity index (χ4n) is 9.78. The second-order valence-corrected chi connectivity index (χ2v) is 22.7. The smallest absolute Gasteiger partial charge is 0.306 e. The summed E-state index contributed by atoms with van der Waals surface area (Å²) in [5.41, 5.74) is 0. The van der Waals surface area contributed by atoms with E-state index >= 15 is 0 Å². The monoisotopic (exact) mass is 1110 g/mol. The first kappa shape index (κ1) is 76.3. The van der Waals surface area contributed by atoms with E-state index in [4.69, 9.17) is 14.2 Å². The predicted octanol–water partition coefficient (Wildman–Crippen LogP) is 23.6. The van der Waals surface area contributed by atoms with Crippen molar-refractivity contribution in [2.75, 3.05) is 13.2 Å². The summed E-state index contributed by atoms with van der Waals surface area (Å²) in [5.74, 6) is -0.863. The van der Waals surface area contributed by atoms with Crippen molar-refractivity contribution < 1.29 is 28.6 Å².